The Hall–Kier alpha value is -0.876. The monoisotopic (exact) mass is 574 g/mol. The molecule has 3 saturated carbocycles. The van der Waals surface area contributed by atoms with E-state index in [1.807, 2.05) is 0 Å². The van der Waals surface area contributed by atoms with Crippen molar-refractivity contribution in [1.29, 1.82) is 0 Å². The second-order valence-corrected chi connectivity index (χ2v) is 25.3. The van der Waals surface area contributed by atoms with Crippen molar-refractivity contribution in [3.05, 3.63) is 11.6 Å². The number of carbonyl (C=O) groups is 1. The molecule has 3 fully saturated rings. The SMILES string of the molecule is CC1/C(=C/CCC(=O)O)[C@H]2CC[C@@H](O[Si](C)(C)C(C)(C)C)[C@H](C#CC(O[Si](C)(C)C(C)(C)C)C3CCCC3)[C@@H]12. The molecule has 3 rings (SSSR count). The van der Waals surface area contributed by atoms with E-state index < -0.39 is 22.6 Å². The number of carboxylic acid groups (broad SMARTS) is 1. The molecule has 0 bridgehead atoms. The first-order valence-electron chi connectivity index (χ1n) is 15.6. The predicted molar refractivity (Wildman–Crippen MR) is 168 cm³/mol. The molecule has 0 amide bonds. The van der Waals surface area contributed by atoms with Crippen LogP contribution in [0, 0.1) is 41.4 Å². The molecule has 6 heteroatoms. The van der Waals surface area contributed by atoms with E-state index in [-0.39, 0.29) is 34.6 Å². The van der Waals surface area contributed by atoms with E-state index >= 15 is 0 Å². The molecule has 0 saturated heterocycles. The Kier molecular flexibility index (Phi) is 10.2. The van der Waals surface area contributed by atoms with Gasteiger partial charge in [-0.25, -0.2) is 0 Å². The summed E-state index contributed by atoms with van der Waals surface area (Å²) in [4.78, 5) is 11.1. The Morgan fingerprint density at radius 1 is 1.00 bits per heavy atom. The highest BCUT2D eigenvalue weighted by molar-refractivity contribution is 6.74. The molecular formula is C33H58O4Si2. The van der Waals surface area contributed by atoms with Crippen LogP contribution in [0.3, 0.4) is 0 Å². The summed E-state index contributed by atoms with van der Waals surface area (Å²) in [5.41, 5.74) is 1.46. The third-order valence-corrected chi connectivity index (χ3v) is 20.0. The molecule has 0 aliphatic heterocycles. The highest BCUT2D eigenvalue weighted by Gasteiger charge is 2.53. The quantitative estimate of drug-likeness (QED) is 0.178. The van der Waals surface area contributed by atoms with Gasteiger partial charge in [0.05, 0.1) is 6.10 Å². The molecule has 0 radical (unpaired) electrons. The molecule has 3 aliphatic rings. The normalized spacial score (nSPS) is 30.3. The van der Waals surface area contributed by atoms with Crippen molar-refractivity contribution in [2.45, 2.75) is 148 Å². The summed E-state index contributed by atoms with van der Waals surface area (Å²) < 4.78 is 14.2. The molecule has 2 unspecified atom stereocenters. The van der Waals surface area contributed by atoms with Gasteiger partial charge in [-0.2, -0.15) is 0 Å². The van der Waals surface area contributed by atoms with Crippen molar-refractivity contribution in [1.82, 2.24) is 0 Å². The Labute approximate surface area is 242 Å². The van der Waals surface area contributed by atoms with Crippen molar-refractivity contribution in [2.24, 2.45) is 29.6 Å². The summed E-state index contributed by atoms with van der Waals surface area (Å²) in [6.45, 7) is 25.7. The second kappa shape index (κ2) is 12.2. The average molecular weight is 575 g/mol. The number of allylic oxidation sites excluding steroid dienone is 2. The maximum absolute atomic E-state index is 11.1. The van der Waals surface area contributed by atoms with E-state index in [1.54, 1.807) is 0 Å². The zero-order chi connectivity index (χ0) is 29.4. The molecule has 0 heterocycles. The molecular weight excluding hydrogens is 517 g/mol. The number of hydrogen-bond acceptors (Lipinski definition) is 3. The molecule has 1 N–H and O–H groups in total. The molecule has 0 aromatic rings. The lowest BCUT2D eigenvalue weighted by Crippen LogP contribution is -2.54. The number of hydrogen-bond donors (Lipinski definition) is 1. The van der Waals surface area contributed by atoms with E-state index in [4.69, 9.17) is 14.0 Å². The molecule has 0 aromatic heterocycles. The zero-order valence-corrected chi connectivity index (χ0v) is 28.9. The third kappa shape index (κ3) is 7.50. The fraction of sp³-hybridized carbons (Fsp3) is 0.848. The van der Waals surface area contributed by atoms with Crippen LogP contribution in [0.1, 0.15) is 99.8 Å². The summed E-state index contributed by atoms with van der Waals surface area (Å²) in [5.74, 6) is 9.12. The Balaban J connectivity index is 1.94. The Morgan fingerprint density at radius 3 is 2.13 bits per heavy atom. The van der Waals surface area contributed by atoms with Gasteiger partial charge >= 0.3 is 5.97 Å². The van der Waals surface area contributed by atoms with Crippen LogP contribution in [0.2, 0.25) is 36.3 Å². The summed E-state index contributed by atoms with van der Waals surface area (Å²) in [6, 6.07) is 0. The van der Waals surface area contributed by atoms with Gasteiger partial charge in [0.25, 0.3) is 0 Å². The maximum Gasteiger partial charge on any atom is 0.303 e. The number of rotatable bonds is 8. The largest absolute Gasteiger partial charge is 0.481 e. The lowest BCUT2D eigenvalue weighted by Gasteiger charge is -2.55. The van der Waals surface area contributed by atoms with Crippen LogP contribution < -0.4 is 0 Å². The smallest absolute Gasteiger partial charge is 0.303 e. The van der Waals surface area contributed by atoms with Gasteiger partial charge in [0.2, 0.25) is 0 Å². The van der Waals surface area contributed by atoms with Gasteiger partial charge in [-0.1, -0.05) is 84.8 Å². The molecule has 0 spiro atoms. The van der Waals surface area contributed by atoms with Gasteiger partial charge in [0.15, 0.2) is 16.6 Å². The van der Waals surface area contributed by atoms with Gasteiger partial charge in [-0.05, 0) is 92.0 Å². The Bertz CT molecular complexity index is 953. The number of carboxylic acids is 1. The minimum absolute atomic E-state index is 0.0169. The first kappa shape index (κ1) is 32.6. The minimum atomic E-state index is -1.95. The fourth-order valence-electron chi connectivity index (χ4n) is 6.46. The van der Waals surface area contributed by atoms with Crippen molar-refractivity contribution in [3.63, 3.8) is 0 Å². The average Bonchev–Trinajstić information content (AvgIpc) is 3.32. The number of aliphatic carboxylic acids is 1. The highest BCUT2D eigenvalue weighted by atomic mass is 28.4. The van der Waals surface area contributed by atoms with Crippen LogP contribution >= 0.6 is 0 Å². The van der Waals surface area contributed by atoms with E-state index in [0.717, 1.165) is 12.8 Å². The van der Waals surface area contributed by atoms with Crippen molar-refractivity contribution >= 4 is 22.6 Å². The van der Waals surface area contributed by atoms with Crippen molar-refractivity contribution in [2.75, 3.05) is 0 Å². The topological polar surface area (TPSA) is 55.8 Å². The summed E-state index contributed by atoms with van der Waals surface area (Å²) in [5, 5.41) is 9.46. The first-order valence-corrected chi connectivity index (χ1v) is 21.5. The third-order valence-electron chi connectivity index (χ3n) is 11.0. The zero-order valence-electron chi connectivity index (χ0n) is 26.9. The molecule has 39 heavy (non-hydrogen) atoms. The van der Waals surface area contributed by atoms with Crippen LogP contribution in [-0.4, -0.2) is 39.9 Å². The van der Waals surface area contributed by atoms with Gasteiger partial charge in [0, 0.05) is 12.3 Å². The van der Waals surface area contributed by atoms with Crippen LogP contribution in [0.5, 0.6) is 0 Å². The van der Waals surface area contributed by atoms with Crippen LogP contribution in [-0.2, 0) is 13.6 Å². The van der Waals surface area contributed by atoms with Gasteiger partial charge in [0.1, 0.15) is 6.10 Å². The summed E-state index contributed by atoms with van der Waals surface area (Å²) in [6.07, 6.45) is 10.4. The van der Waals surface area contributed by atoms with Crippen molar-refractivity contribution < 1.29 is 18.8 Å². The van der Waals surface area contributed by atoms with Gasteiger partial charge < -0.3 is 14.0 Å². The van der Waals surface area contributed by atoms with Gasteiger partial charge in [-0.15, -0.1) is 0 Å². The fourth-order valence-corrected chi connectivity index (χ4v) is 9.07. The molecule has 0 aromatic carbocycles. The van der Waals surface area contributed by atoms with Crippen LogP contribution in [0.25, 0.3) is 0 Å². The first-order chi connectivity index (χ1) is 17.9. The lowest BCUT2D eigenvalue weighted by molar-refractivity contribution is -0.136. The van der Waals surface area contributed by atoms with Crippen LogP contribution in [0.4, 0.5) is 0 Å². The summed E-state index contributed by atoms with van der Waals surface area (Å²) >= 11 is 0. The highest BCUT2D eigenvalue weighted by Crippen LogP contribution is 2.57. The minimum Gasteiger partial charge on any atom is -0.481 e. The predicted octanol–water partition coefficient (Wildman–Crippen LogP) is 9.04. The Morgan fingerprint density at radius 2 is 1.59 bits per heavy atom. The molecule has 3 aliphatic carbocycles. The molecule has 4 nitrogen and oxygen atoms in total. The molecule has 222 valence electrons. The van der Waals surface area contributed by atoms with Crippen LogP contribution in [0.15, 0.2) is 11.6 Å². The lowest BCUT2D eigenvalue weighted by atomic mass is 9.51. The maximum atomic E-state index is 11.1. The van der Waals surface area contributed by atoms with Crippen molar-refractivity contribution in [3.8, 4) is 11.8 Å². The second-order valence-electron chi connectivity index (χ2n) is 15.8. The number of fused-ring (bicyclic) bond motifs is 1. The van der Waals surface area contributed by atoms with E-state index in [0.29, 0.717) is 30.1 Å². The summed E-state index contributed by atoms with van der Waals surface area (Å²) in [7, 11) is -3.90. The van der Waals surface area contributed by atoms with E-state index in [1.165, 1.54) is 31.3 Å². The van der Waals surface area contributed by atoms with E-state index in [2.05, 4.69) is 92.6 Å². The molecule has 6 atom stereocenters. The standard InChI is InChI=1S/C33H58O4Si2/c1-23-25(17-14-18-30(34)35)26-19-22-29(37-39(10,11)33(5,6)7)27(31(23)26)20-21-28(24-15-12-13-16-24)36-38(8,9)32(2,3)4/h17,23-24,26-29,31H,12-16,18-19,22H2,1-11H3,(H,34,35)/b25-17-/t23?,26-,27+,28?,29-,31+/m1/s1. The van der Waals surface area contributed by atoms with E-state index in [9.17, 15) is 4.79 Å². The van der Waals surface area contributed by atoms with Gasteiger partial charge in [-0.3, -0.25) is 4.79 Å².